The SMILES string of the molecule is CC(C)Oc1ccc(C(C)CCN2CCCC2)cn1. The Morgan fingerprint density at radius 1 is 1.21 bits per heavy atom. The van der Waals surface area contributed by atoms with Crippen molar-refractivity contribution in [1.29, 1.82) is 0 Å². The van der Waals surface area contributed by atoms with Gasteiger partial charge in [0.1, 0.15) is 0 Å². The Morgan fingerprint density at radius 2 is 1.95 bits per heavy atom. The van der Waals surface area contributed by atoms with Gasteiger partial charge in [0.2, 0.25) is 5.88 Å². The Labute approximate surface area is 117 Å². The molecule has 3 nitrogen and oxygen atoms in total. The van der Waals surface area contributed by atoms with Crippen molar-refractivity contribution in [2.45, 2.75) is 52.1 Å². The summed E-state index contributed by atoms with van der Waals surface area (Å²) in [4.78, 5) is 6.95. The molecule has 0 radical (unpaired) electrons. The number of aromatic nitrogens is 1. The Balaban J connectivity index is 1.82. The van der Waals surface area contributed by atoms with Gasteiger partial charge in [-0.2, -0.15) is 0 Å². The van der Waals surface area contributed by atoms with E-state index in [0.29, 0.717) is 5.92 Å². The van der Waals surface area contributed by atoms with E-state index in [1.807, 2.05) is 26.1 Å². The second-order valence-electron chi connectivity index (χ2n) is 5.83. The van der Waals surface area contributed by atoms with Crippen molar-refractivity contribution in [2.75, 3.05) is 19.6 Å². The lowest BCUT2D eigenvalue weighted by atomic mass is 9.99. The first-order chi connectivity index (χ1) is 9.15. The number of pyridine rings is 1. The average Bonchev–Trinajstić information content (AvgIpc) is 2.89. The minimum Gasteiger partial charge on any atom is -0.475 e. The predicted octanol–water partition coefficient (Wildman–Crippen LogP) is 3.46. The van der Waals surface area contributed by atoms with Crippen LogP contribution >= 0.6 is 0 Å². The highest BCUT2D eigenvalue weighted by Gasteiger charge is 2.13. The number of rotatable bonds is 6. The highest BCUT2D eigenvalue weighted by molar-refractivity contribution is 5.20. The number of hydrogen-bond donors (Lipinski definition) is 0. The van der Waals surface area contributed by atoms with E-state index in [1.54, 1.807) is 0 Å². The topological polar surface area (TPSA) is 25.4 Å². The van der Waals surface area contributed by atoms with Crippen molar-refractivity contribution in [3.63, 3.8) is 0 Å². The Kier molecular flexibility index (Phi) is 5.20. The molecule has 19 heavy (non-hydrogen) atoms. The van der Waals surface area contributed by atoms with Crippen LogP contribution in [0.15, 0.2) is 18.3 Å². The zero-order valence-corrected chi connectivity index (χ0v) is 12.4. The molecule has 1 aliphatic heterocycles. The maximum absolute atomic E-state index is 5.57. The highest BCUT2D eigenvalue weighted by Crippen LogP contribution is 2.21. The zero-order chi connectivity index (χ0) is 13.7. The molecule has 2 heterocycles. The molecule has 2 rings (SSSR count). The van der Waals surface area contributed by atoms with Gasteiger partial charge in [-0.15, -0.1) is 0 Å². The van der Waals surface area contributed by atoms with Crippen molar-refractivity contribution in [2.24, 2.45) is 0 Å². The Hall–Kier alpha value is -1.09. The molecule has 0 bridgehead atoms. The second-order valence-corrected chi connectivity index (χ2v) is 5.83. The normalized spacial score (nSPS) is 17.9. The van der Waals surface area contributed by atoms with Crippen LogP contribution in [0, 0.1) is 0 Å². The van der Waals surface area contributed by atoms with Gasteiger partial charge in [-0.25, -0.2) is 4.98 Å². The van der Waals surface area contributed by atoms with E-state index in [4.69, 9.17) is 4.74 Å². The van der Waals surface area contributed by atoms with Gasteiger partial charge < -0.3 is 9.64 Å². The third kappa shape index (κ3) is 4.50. The Bertz CT molecular complexity index is 369. The molecule has 1 atom stereocenters. The summed E-state index contributed by atoms with van der Waals surface area (Å²) in [5.41, 5.74) is 1.32. The molecule has 106 valence electrons. The lowest BCUT2D eigenvalue weighted by molar-refractivity contribution is 0.232. The summed E-state index contributed by atoms with van der Waals surface area (Å²) in [5, 5.41) is 0. The van der Waals surface area contributed by atoms with Gasteiger partial charge in [0.25, 0.3) is 0 Å². The largest absolute Gasteiger partial charge is 0.475 e. The highest BCUT2D eigenvalue weighted by atomic mass is 16.5. The number of nitrogens with zero attached hydrogens (tertiary/aromatic N) is 2. The third-order valence-electron chi connectivity index (χ3n) is 3.76. The molecule has 0 saturated carbocycles. The van der Waals surface area contributed by atoms with Crippen LogP contribution < -0.4 is 4.74 Å². The zero-order valence-electron chi connectivity index (χ0n) is 12.4. The van der Waals surface area contributed by atoms with Gasteiger partial charge in [-0.3, -0.25) is 0 Å². The van der Waals surface area contributed by atoms with Crippen molar-refractivity contribution in [1.82, 2.24) is 9.88 Å². The standard InChI is InChI=1S/C16H26N2O/c1-13(2)19-16-7-6-15(12-17-16)14(3)8-11-18-9-4-5-10-18/h6-7,12-14H,4-5,8-11H2,1-3H3. The lowest BCUT2D eigenvalue weighted by Gasteiger charge is -2.18. The van der Waals surface area contributed by atoms with Crippen LogP contribution in [-0.2, 0) is 0 Å². The van der Waals surface area contributed by atoms with Crippen molar-refractivity contribution >= 4 is 0 Å². The molecule has 1 aromatic heterocycles. The van der Waals surface area contributed by atoms with Crippen LogP contribution in [0.4, 0.5) is 0 Å². The molecular weight excluding hydrogens is 236 g/mol. The summed E-state index contributed by atoms with van der Waals surface area (Å²) in [6.07, 6.45) is 6.11. The van der Waals surface area contributed by atoms with Crippen LogP contribution in [0.5, 0.6) is 5.88 Å². The van der Waals surface area contributed by atoms with Gasteiger partial charge in [0.15, 0.2) is 0 Å². The minimum absolute atomic E-state index is 0.186. The quantitative estimate of drug-likeness (QED) is 0.785. The van der Waals surface area contributed by atoms with E-state index in [1.165, 1.54) is 44.5 Å². The van der Waals surface area contributed by atoms with Gasteiger partial charge in [0.05, 0.1) is 6.10 Å². The van der Waals surface area contributed by atoms with Crippen LogP contribution in [0.1, 0.15) is 51.5 Å². The van der Waals surface area contributed by atoms with E-state index < -0.39 is 0 Å². The van der Waals surface area contributed by atoms with Crippen molar-refractivity contribution < 1.29 is 4.74 Å². The summed E-state index contributed by atoms with van der Waals surface area (Å²) < 4.78 is 5.57. The fraction of sp³-hybridized carbons (Fsp3) is 0.688. The first-order valence-corrected chi connectivity index (χ1v) is 7.50. The van der Waals surface area contributed by atoms with Gasteiger partial charge >= 0.3 is 0 Å². The molecule has 1 saturated heterocycles. The summed E-state index contributed by atoms with van der Waals surface area (Å²) in [6.45, 7) is 10.1. The van der Waals surface area contributed by atoms with Gasteiger partial charge in [-0.05, 0) is 64.2 Å². The molecule has 1 aromatic rings. The Morgan fingerprint density at radius 3 is 2.53 bits per heavy atom. The first kappa shape index (κ1) is 14.3. The summed E-state index contributed by atoms with van der Waals surface area (Å²) >= 11 is 0. The first-order valence-electron chi connectivity index (χ1n) is 7.50. The van der Waals surface area contributed by atoms with E-state index in [-0.39, 0.29) is 6.10 Å². The van der Waals surface area contributed by atoms with E-state index in [0.717, 1.165) is 5.88 Å². The molecule has 0 aromatic carbocycles. The van der Waals surface area contributed by atoms with Crippen LogP contribution in [0.25, 0.3) is 0 Å². The molecule has 1 fully saturated rings. The van der Waals surface area contributed by atoms with Crippen LogP contribution in [0.2, 0.25) is 0 Å². The molecule has 1 aliphatic rings. The van der Waals surface area contributed by atoms with E-state index in [2.05, 4.69) is 22.9 Å². The smallest absolute Gasteiger partial charge is 0.213 e. The maximum atomic E-state index is 5.57. The molecule has 3 heteroatoms. The molecule has 0 amide bonds. The monoisotopic (exact) mass is 262 g/mol. The second kappa shape index (κ2) is 6.90. The predicted molar refractivity (Wildman–Crippen MR) is 78.7 cm³/mol. The fourth-order valence-electron chi connectivity index (χ4n) is 2.54. The summed E-state index contributed by atoms with van der Waals surface area (Å²) in [7, 11) is 0. The maximum Gasteiger partial charge on any atom is 0.213 e. The number of likely N-dealkylation sites (tertiary alicyclic amines) is 1. The number of ether oxygens (including phenoxy) is 1. The molecule has 0 spiro atoms. The van der Waals surface area contributed by atoms with Crippen molar-refractivity contribution in [3.8, 4) is 5.88 Å². The van der Waals surface area contributed by atoms with Gasteiger partial charge in [-0.1, -0.05) is 13.0 Å². The molecule has 0 aliphatic carbocycles. The average molecular weight is 262 g/mol. The molecular formula is C16H26N2O. The van der Waals surface area contributed by atoms with E-state index >= 15 is 0 Å². The van der Waals surface area contributed by atoms with Crippen molar-refractivity contribution in [3.05, 3.63) is 23.9 Å². The number of hydrogen-bond acceptors (Lipinski definition) is 3. The molecule has 1 unspecified atom stereocenters. The third-order valence-corrected chi connectivity index (χ3v) is 3.76. The lowest BCUT2D eigenvalue weighted by Crippen LogP contribution is -2.21. The van der Waals surface area contributed by atoms with Gasteiger partial charge in [0, 0.05) is 12.3 Å². The van der Waals surface area contributed by atoms with E-state index in [9.17, 15) is 0 Å². The summed E-state index contributed by atoms with van der Waals surface area (Å²) in [6, 6.07) is 4.14. The molecule has 0 N–H and O–H groups in total. The minimum atomic E-state index is 0.186. The van der Waals surface area contributed by atoms with Crippen LogP contribution in [-0.4, -0.2) is 35.6 Å². The summed E-state index contributed by atoms with van der Waals surface area (Å²) in [5.74, 6) is 1.30. The van der Waals surface area contributed by atoms with Crippen LogP contribution in [0.3, 0.4) is 0 Å². The fourth-order valence-corrected chi connectivity index (χ4v) is 2.54.